The average molecular weight is 192 g/mol. The fourth-order valence-electron chi connectivity index (χ4n) is 1.51. The number of nitrogens with two attached hydrogens (primary N) is 1. The van der Waals surface area contributed by atoms with Crippen molar-refractivity contribution in [2.24, 2.45) is 5.73 Å². The Kier molecular flexibility index (Phi) is 4.47. The van der Waals surface area contributed by atoms with Crippen molar-refractivity contribution >= 4 is 5.69 Å². The summed E-state index contributed by atoms with van der Waals surface area (Å²) in [7, 11) is 0. The Morgan fingerprint density at radius 3 is 2.36 bits per heavy atom. The minimum Gasteiger partial charge on any atom is -0.372 e. The molecule has 1 rings (SSSR count). The van der Waals surface area contributed by atoms with Crippen molar-refractivity contribution in [3.05, 3.63) is 29.8 Å². The lowest BCUT2D eigenvalue weighted by Gasteiger charge is -2.22. The minimum atomic E-state index is 0.766. The van der Waals surface area contributed by atoms with Gasteiger partial charge in [-0.3, -0.25) is 0 Å². The summed E-state index contributed by atoms with van der Waals surface area (Å²) in [4.78, 5) is 2.35. The summed E-state index contributed by atoms with van der Waals surface area (Å²) in [5.41, 5.74) is 8.11. The molecule has 0 heterocycles. The Balaban J connectivity index is 2.64. The fraction of sp³-hybridized carbons (Fsp3) is 0.500. The first-order valence-corrected chi connectivity index (χ1v) is 5.29. The van der Waals surface area contributed by atoms with Crippen LogP contribution in [0.4, 0.5) is 5.69 Å². The first-order chi connectivity index (χ1) is 6.77. The zero-order valence-electron chi connectivity index (χ0n) is 9.16. The summed E-state index contributed by atoms with van der Waals surface area (Å²) in [6.45, 7) is 7.15. The number of hydrogen-bond donors (Lipinski definition) is 1. The summed E-state index contributed by atoms with van der Waals surface area (Å²) in [5, 5.41) is 0. The molecular formula is C12H20N2. The Labute approximate surface area is 86.7 Å². The molecule has 0 saturated carbocycles. The third-order valence-corrected chi connectivity index (χ3v) is 2.41. The Bertz CT molecular complexity index is 254. The summed E-state index contributed by atoms with van der Waals surface area (Å²) in [5.74, 6) is 0. The van der Waals surface area contributed by atoms with E-state index in [9.17, 15) is 0 Å². The van der Waals surface area contributed by atoms with Crippen molar-refractivity contribution in [1.29, 1.82) is 0 Å². The van der Waals surface area contributed by atoms with E-state index >= 15 is 0 Å². The zero-order valence-corrected chi connectivity index (χ0v) is 9.16. The van der Waals surface area contributed by atoms with E-state index in [0.717, 1.165) is 26.1 Å². The molecule has 1 aromatic rings. The van der Waals surface area contributed by atoms with Gasteiger partial charge in [-0.15, -0.1) is 0 Å². The number of anilines is 1. The maximum Gasteiger partial charge on any atom is 0.0366 e. The van der Waals surface area contributed by atoms with Crippen LogP contribution in [0.3, 0.4) is 0 Å². The van der Waals surface area contributed by atoms with Crippen LogP contribution in [-0.2, 0) is 0 Å². The quantitative estimate of drug-likeness (QED) is 0.774. The van der Waals surface area contributed by atoms with E-state index in [1.54, 1.807) is 0 Å². The Morgan fingerprint density at radius 2 is 1.86 bits per heavy atom. The predicted octanol–water partition coefficient (Wildman–Crippen LogP) is 2.17. The molecule has 0 atom stereocenters. The lowest BCUT2D eigenvalue weighted by atomic mass is 10.2. The summed E-state index contributed by atoms with van der Waals surface area (Å²) in [6, 6.07) is 8.66. The normalized spacial score (nSPS) is 10.2. The van der Waals surface area contributed by atoms with Crippen LogP contribution >= 0.6 is 0 Å². The molecule has 0 aliphatic rings. The van der Waals surface area contributed by atoms with Crippen molar-refractivity contribution in [3.63, 3.8) is 0 Å². The molecule has 14 heavy (non-hydrogen) atoms. The third kappa shape index (κ3) is 3.04. The van der Waals surface area contributed by atoms with Crippen LogP contribution in [0.15, 0.2) is 24.3 Å². The highest BCUT2D eigenvalue weighted by Crippen LogP contribution is 2.14. The lowest BCUT2D eigenvalue weighted by molar-refractivity contribution is 0.754. The van der Waals surface area contributed by atoms with Gasteiger partial charge in [0.2, 0.25) is 0 Å². The molecule has 0 aliphatic heterocycles. The maximum absolute atomic E-state index is 5.51. The second-order valence-corrected chi connectivity index (χ2v) is 3.56. The molecule has 0 aliphatic carbocycles. The molecule has 2 N–H and O–H groups in total. The molecule has 0 saturated heterocycles. The van der Waals surface area contributed by atoms with E-state index in [2.05, 4.69) is 43.0 Å². The van der Waals surface area contributed by atoms with Crippen LogP contribution in [0.25, 0.3) is 0 Å². The molecule has 0 aromatic heterocycles. The van der Waals surface area contributed by atoms with Gasteiger partial charge in [-0.1, -0.05) is 17.7 Å². The zero-order chi connectivity index (χ0) is 10.4. The van der Waals surface area contributed by atoms with Crippen molar-refractivity contribution in [1.82, 2.24) is 0 Å². The average Bonchev–Trinajstić information content (AvgIpc) is 2.21. The highest BCUT2D eigenvalue weighted by molar-refractivity contribution is 5.47. The van der Waals surface area contributed by atoms with Crippen molar-refractivity contribution in [2.45, 2.75) is 20.3 Å². The molecule has 78 valence electrons. The molecule has 0 amide bonds. The van der Waals surface area contributed by atoms with Gasteiger partial charge in [-0.25, -0.2) is 0 Å². The first-order valence-electron chi connectivity index (χ1n) is 5.29. The third-order valence-electron chi connectivity index (χ3n) is 2.41. The molecule has 0 unspecified atom stereocenters. The second kappa shape index (κ2) is 5.66. The molecule has 2 nitrogen and oxygen atoms in total. The van der Waals surface area contributed by atoms with E-state index < -0.39 is 0 Å². The number of nitrogens with zero attached hydrogens (tertiary/aromatic N) is 1. The van der Waals surface area contributed by atoms with Gasteiger partial charge in [0.15, 0.2) is 0 Å². The van der Waals surface area contributed by atoms with Crippen LogP contribution in [0.5, 0.6) is 0 Å². The Hall–Kier alpha value is -1.02. The summed E-state index contributed by atoms with van der Waals surface area (Å²) >= 11 is 0. The van der Waals surface area contributed by atoms with Gasteiger partial charge in [0.25, 0.3) is 0 Å². The smallest absolute Gasteiger partial charge is 0.0366 e. The fourth-order valence-corrected chi connectivity index (χ4v) is 1.51. The van der Waals surface area contributed by atoms with E-state index in [4.69, 9.17) is 5.73 Å². The molecule has 0 fully saturated rings. The Morgan fingerprint density at radius 1 is 1.21 bits per heavy atom. The van der Waals surface area contributed by atoms with Gasteiger partial charge >= 0.3 is 0 Å². The minimum absolute atomic E-state index is 0.766. The predicted molar refractivity (Wildman–Crippen MR) is 62.7 cm³/mol. The van der Waals surface area contributed by atoms with Gasteiger partial charge in [-0.05, 0) is 38.9 Å². The standard InChI is InChI=1S/C12H20N2/c1-3-14(10-4-9-13)12-7-5-11(2)6-8-12/h5-8H,3-4,9-10,13H2,1-2H3. The summed E-state index contributed by atoms with van der Waals surface area (Å²) in [6.07, 6.45) is 1.06. The van der Waals surface area contributed by atoms with Gasteiger partial charge in [-0.2, -0.15) is 0 Å². The van der Waals surface area contributed by atoms with Crippen LogP contribution in [-0.4, -0.2) is 19.6 Å². The SMILES string of the molecule is CCN(CCCN)c1ccc(C)cc1. The second-order valence-electron chi connectivity index (χ2n) is 3.56. The van der Waals surface area contributed by atoms with Gasteiger partial charge in [0.1, 0.15) is 0 Å². The maximum atomic E-state index is 5.51. The van der Waals surface area contributed by atoms with Gasteiger partial charge in [0.05, 0.1) is 0 Å². The highest BCUT2D eigenvalue weighted by atomic mass is 15.1. The van der Waals surface area contributed by atoms with Crippen LogP contribution in [0, 0.1) is 6.92 Å². The largest absolute Gasteiger partial charge is 0.372 e. The molecule has 0 bridgehead atoms. The van der Waals surface area contributed by atoms with E-state index in [1.807, 2.05) is 0 Å². The number of hydrogen-bond acceptors (Lipinski definition) is 2. The summed E-state index contributed by atoms with van der Waals surface area (Å²) < 4.78 is 0. The topological polar surface area (TPSA) is 29.3 Å². The van der Waals surface area contributed by atoms with Crippen molar-refractivity contribution in [3.8, 4) is 0 Å². The number of benzene rings is 1. The molecule has 0 spiro atoms. The first kappa shape index (κ1) is 11.1. The lowest BCUT2D eigenvalue weighted by Crippen LogP contribution is -2.25. The highest BCUT2D eigenvalue weighted by Gasteiger charge is 2.01. The molecular weight excluding hydrogens is 172 g/mol. The number of aryl methyl sites for hydroxylation is 1. The van der Waals surface area contributed by atoms with E-state index in [-0.39, 0.29) is 0 Å². The van der Waals surface area contributed by atoms with Gasteiger partial charge < -0.3 is 10.6 Å². The van der Waals surface area contributed by atoms with Crippen LogP contribution < -0.4 is 10.6 Å². The number of rotatable bonds is 5. The molecule has 2 heteroatoms. The van der Waals surface area contributed by atoms with Gasteiger partial charge in [0, 0.05) is 18.8 Å². The van der Waals surface area contributed by atoms with Crippen LogP contribution in [0.1, 0.15) is 18.9 Å². The van der Waals surface area contributed by atoms with Crippen molar-refractivity contribution in [2.75, 3.05) is 24.5 Å². The van der Waals surface area contributed by atoms with E-state index in [1.165, 1.54) is 11.3 Å². The van der Waals surface area contributed by atoms with E-state index in [0.29, 0.717) is 0 Å². The molecule has 1 aromatic carbocycles. The van der Waals surface area contributed by atoms with Crippen molar-refractivity contribution < 1.29 is 0 Å². The van der Waals surface area contributed by atoms with Crippen LogP contribution in [0.2, 0.25) is 0 Å². The molecule has 0 radical (unpaired) electrons. The monoisotopic (exact) mass is 192 g/mol.